The van der Waals surface area contributed by atoms with Crippen molar-refractivity contribution in [1.82, 2.24) is 0 Å². The standard InChI is InChI=1S/C25H30N.2C22H24N.C21H22N.2C19H18N.CH4/c1-16(2)10-19-13-21(11-17(3)4)23-15-26-24-9-7-6-8-20(24)12-18(5)25(26)22(23)14-19;1-14(2)9-17-5-6-18-7-8-23-13-21-16(4)10-15(3)11-20(21)22(23)19(18)12-17;1-14(2)9-18-12-17-7-5-6-8-19(17)22-20-11-15(3)10-16(4)21(20)13-23(18)22;1-13(2)17-6-5-16-7-8-22-12-20-15(4)9-14(3)10-19(20)21(22)18(16)11-17;1-12-8-13(2)17-11-20-18-7-5-4-6-15(18)10-14(3)19(20)16(17)9-12;1-12-8-13(2)18-11-20-14(3)10-15-6-4-5-7-16(15)19(20)17(18)9-12;/h6-9,12-14,16-17H,10-11,15H2,1-5H3;2*5-8,10-12,14H,9,13H2,1-4H3;5-11,13H,12H2,1-4H3;2*4-10H,11H2,1-3H3;1H4/q6*+1;. The molecule has 0 amide bonds. The molecule has 0 N–H and O–H groups in total. The minimum Gasteiger partial charge on any atom is -0.193 e. The number of hydrogen-bond donors (Lipinski definition) is 0. The van der Waals surface area contributed by atoms with Gasteiger partial charge in [0.1, 0.15) is 0 Å². The van der Waals surface area contributed by atoms with Crippen LogP contribution in [0.2, 0.25) is 0 Å². The van der Waals surface area contributed by atoms with Gasteiger partial charge in [-0.25, -0.2) is 0 Å². The van der Waals surface area contributed by atoms with Crippen LogP contribution in [0.25, 0.3) is 132 Å². The summed E-state index contributed by atoms with van der Waals surface area (Å²) in [6.45, 7) is 57.9. The highest BCUT2D eigenvalue weighted by atomic mass is 15.0. The summed E-state index contributed by atoms with van der Waals surface area (Å²) in [6.07, 6.45) is 9.08. The first-order valence-electron chi connectivity index (χ1n) is 49.6. The van der Waals surface area contributed by atoms with Crippen molar-refractivity contribution in [2.45, 2.75) is 238 Å². The van der Waals surface area contributed by atoms with E-state index in [9.17, 15) is 0 Å². The summed E-state index contributed by atoms with van der Waals surface area (Å²) in [5.74, 6) is 3.28. The molecule has 18 aromatic rings. The van der Waals surface area contributed by atoms with E-state index in [0.717, 1.165) is 58.5 Å². The Balaban J connectivity index is 0.000000108. The van der Waals surface area contributed by atoms with Crippen LogP contribution in [0.4, 0.5) is 0 Å². The van der Waals surface area contributed by atoms with Crippen LogP contribution in [-0.2, 0) is 65.0 Å². The highest BCUT2D eigenvalue weighted by Crippen LogP contribution is 2.44. The number of aromatic nitrogens is 6. The molecule has 12 aromatic carbocycles. The first-order chi connectivity index (χ1) is 64.3. The molecular weight excluding hydrogens is 1630 g/mol. The summed E-state index contributed by atoms with van der Waals surface area (Å²) in [4.78, 5) is 0. The lowest BCUT2D eigenvalue weighted by Crippen LogP contribution is -2.38. The average molecular weight is 1770 g/mol. The van der Waals surface area contributed by atoms with Crippen LogP contribution in [0.5, 0.6) is 0 Å². The van der Waals surface area contributed by atoms with E-state index in [1.54, 1.807) is 11.1 Å². The van der Waals surface area contributed by atoms with Crippen molar-refractivity contribution in [1.29, 1.82) is 0 Å². The number of aryl methyl sites for hydroxylation is 13. The zero-order chi connectivity index (χ0) is 93.8. The Bertz CT molecular complexity index is 7810. The van der Waals surface area contributed by atoms with Crippen LogP contribution < -0.4 is 27.4 Å². The molecule has 0 unspecified atom stereocenters. The third-order valence-corrected chi connectivity index (χ3v) is 29.2. The molecule has 0 fully saturated rings. The second-order valence-corrected chi connectivity index (χ2v) is 42.3. The second-order valence-electron chi connectivity index (χ2n) is 42.3. The van der Waals surface area contributed by atoms with Gasteiger partial charge in [0.25, 0.3) is 0 Å². The molecule has 0 spiro atoms. The number of pyridine rings is 6. The SMILES string of the molecule is C.Cc1cc(C)c2c(c1)-c1c(C)cc3ccccc3[n+]1C2.Cc1cc(C)c2c(c1)-c1c3cc(C(C)C)ccc3cc[n+]1C2.Cc1cc(C)c2c(c1)-c1c3cc(CC(C)C)ccc3cc[n+]1C2.Cc1cc(C)c2c(c1)-c1c3ccccc3cc(C)[n+]1C2.Cc1cc(C)c2c(c1)-c1c3ccccc3cc(CC(C)C)[n+]1C2.Cc1cc2ccccc2[n+]2c1-c1cc(CC(C)C)cc(CC(C)C)c1C2. The number of nitrogens with zero attached hydrogens (tertiary/aromatic N) is 6. The van der Waals surface area contributed by atoms with Gasteiger partial charge in [-0.2, -0.15) is 27.4 Å². The maximum Gasteiger partial charge on any atom is 0.221 e. The molecular formula is C129H140N6+6. The average Bonchev–Trinajstić information content (AvgIpc) is 1.71. The molecule has 0 saturated heterocycles. The fraction of sp³-hybridized carbons (Fsp3) is 0.302. The Morgan fingerprint density at radius 1 is 0.244 bits per heavy atom. The summed E-state index contributed by atoms with van der Waals surface area (Å²) in [6, 6.07) is 91.0. The van der Waals surface area contributed by atoms with Gasteiger partial charge in [-0.15, -0.1) is 0 Å². The summed E-state index contributed by atoms with van der Waals surface area (Å²) in [5.41, 5.74) is 53.9. The van der Waals surface area contributed by atoms with Crippen molar-refractivity contribution in [2.24, 2.45) is 23.7 Å². The molecule has 0 atom stereocenters. The first-order valence-corrected chi connectivity index (χ1v) is 49.6. The quantitative estimate of drug-likeness (QED) is 0.129. The lowest BCUT2D eigenvalue weighted by atomic mass is 9.89. The third kappa shape index (κ3) is 17.7. The topological polar surface area (TPSA) is 23.3 Å². The van der Waals surface area contributed by atoms with E-state index >= 15 is 0 Å². The van der Waals surface area contributed by atoms with Crippen molar-refractivity contribution in [3.8, 4) is 67.5 Å². The monoisotopic (exact) mass is 1770 g/mol. The fourth-order valence-corrected chi connectivity index (χ4v) is 23.4. The van der Waals surface area contributed by atoms with Crippen LogP contribution in [0.1, 0.15) is 216 Å². The molecule has 12 heterocycles. The van der Waals surface area contributed by atoms with Crippen molar-refractivity contribution in [3.63, 3.8) is 0 Å². The smallest absolute Gasteiger partial charge is 0.193 e. The number of para-hydroxylation sites is 2. The maximum atomic E-state index is 2.55. The maximum absolute atomic E-state index is 2.55. The highest BCUT2D eigenvalue weighted by molar-refractivity contribution is 5.99. The predicted molar refractivity (Wildman–Crippen MR) is 569 cm³/mol. The van der Waals surface area contributed by atoms with Crippen LogP contribution in [0.3, 0.4) is 0 Å². The van der Waals surface area contributed by atoms with Gasteiger partial charge in [-0.1, -0.05) is 198 Å². The predicted octanol–water partition coefficient (Wildman–Crippen LogP) is 29.5. The largest absolute Gasteiger partial charge is 0.221 e. The Morgan fingerprint density at radius 3 is 1.08 bits per heavy atom. The van der Waals surface area contributed by atoms with Crippen LogP contribution in [0.15, 0.2) is 255 Å². The van der Waals surface area contributed by atoms with E-state index in [1.165, 1.54) is 262 Å². The Morgan fingerprint density at radius 2 is 0.615 bits per heavy atom. The van der Waals surface area contributed by atoms with Crippen LogP contribution >= 0.6 is 0 Å². The van der Waals surface area contributed by atoms with E-state index in [0.29, 0.717) is 29.6 Å². The van der Waals surface area contributed by atoms with Gasteiger partial charge < -0.3 is 0 Å². The van der Waals surface area contributed by atoms with Gasteiger partial charge in [0.05, 0.1) is 54.9 Å². The summed E-state index contributed by atoms with van der Waals surface area (Å²) in [7, 11) is 0. The van der Waals surface area contributed by atoms with Crippen molar-refractivity contribution >= 4 is 64.9 Å². The first kappa shape index (κ1) is 92.5. The summed E-state index contributed by atoms with van der Waals surface area (Å²) < 4.78 is 14.8. The molecule has 24 rings (SSSR count). The zero-order valence-electron chi connectivity index (χ0n) is 83.9. The molecule has 6 aromatic heterocycles. The molecule has 680 valence electrons. The molecule has 6 aliphatic heterocycles. The molecule has 6 heteroatoms. The number of hydrogen-bond acceptors (Lipinski definition) is 0. The zero-order valence-corrected chi connectivity index (χ0v) is 83.9. The van der Waals surface area contributed by atoms with Gasteiger partial charge in [0.15, 0.2) is 63.1 Å². The lowest BCUT2D eigenvalue weighted by molar-refractivity contribution is -0.678. The van der Waals surface area contributed by atoms with Gasteiger partial charge in [-0.3, -0.25) is 0 Å². The van der Waals surface area contributed by atoms with Crippen molar-refractivity contribution in [2.75, 3.05) is 0 Å². The van der Waals surface area contributed by atoms with E-state index in [1.807, 2.05) is 0 Å². The molecule has 0 bridgehead atoms. The van der Waals surface area contributed by atoms with Gasteiger partial charge >= 0.3 is 0 Å². The van der Waals surface area contributed by atoms with E-state index in [4.69, 9.17) is 0 Å². The summed E-state index contributed by atoms with van der Waals surface area (Å²) in [5, 5.41) is 13.6. The Kier molecular flexibility index (Phi) is 25.6. The Labute approximate surface area is 804 Å². The second kappa shape index (κ2) is 37.4. The molecule has 0 radical (unpaired) electrons. The van der Waals surface area contributed by atoms with Crippen LogP contribution in [0, 0.1) is 114 Å². The van der Waals surface area contributed by atoms with Gasteiger partial charge in [0.2, 0.25) is 45.2 Å². The van der Waals surface area contributed by atoms with Crippen molar-refractivity contribution < 1.29 is 27.4 Å². The highest BCUT2D eigenvalue weighted by Gasteiger charge is 2.39. The lowest BCUT2D eigenvalue weighted by Gasteiger charge is -2.13. The van der Waals surface area contributed by atoms with E-state index in [-0.39, 0.29) is 7.43 Å². The van der Waals surface area contributed by atoms with E-state index in [2.05, 4.69) is 442 Å². The van der Waals surface area contributed by atoms with Gasteiger partial charge in [0, 0.05) is 105 Å². The van der Waals surface area contributed by atoms with Gasteiger partial charge in [-0.05, 0) is 316 Å². The number of fused-ring (bicyclic) bond motifs is 30. The fourth-order valence-electron chi connectivity index (χ4n) is 23.4. The number of benzene rings is 12. The minimum absolute atomic E-state index is 0. The number of rotatable bonds is 9. The van der Waals surface area contributed by atoms with Crippen molar-refractivity contribution in [3.05, 3.63) is 389 Å². The third-order valence-electron chi connectivity index (χ3n) is 29.2. The molecule has 6 aliphatic rings. The Hall–Kier alpha value is -12.9. The minimum atomic E-state index is 0. The molecule has 0 aliphatic carbocycles. The molecule has 135 heavy (non-hydrogen) atoms. The summed E-state index contributed by atoms with van der Waals surface area (Å²) >= 11 is 0. The normalized spacial score (nSPS) is 12.6. The van der Waals surface area contributed by atoms with E-state index < -0.39 is 0 Å². The molecule has 6 nitrogen and oxygen atoms in total. The molecule has 0 saturated carbocycles. The van der Waals surface area contributed by atoms with Crippen LogP contribution in [-0.4, -0.2) is 0 Å².